The molecule has 0 atom stereocenters. The molecule has 4 fully saturated rings. The number of hydrogen-bond acceptors (Lipinski definition) is 5. The van der Waals surface area contributed by atoms with E-state index in [9.17, 15) is 0 Å². The molecule has 0 amide bonds. The summed E-state index contributed by atoms with van der Waals surface area (Å²) >= 11 is 0. The fraction of sp³-hybridized carbons (Fsp3) is 0.857. The Morgan fingerprint density at radius 1 is 1.11 bits per heavy atom. The zero-order valence-electron chi connectivity index (χ0n) is 11.1. The van der Waals surface area contributed by atoms with E-state index in [0.29, 0.717) is 25.0 Å². The van der Waals surface area contributed by atoms with E-state index in [1.165, 1.54) is 32.1 Å². The Balaban J connectivity index is 1.33. The number of aromatic nitrogens is 2. The van der Waals surface area contributed by atoms with Gasteiger partial charge in [0, 0.05) is 6.42 Å². The van der Waals surface area contributed by atoms with Gasteiger partial charge in [0.2, 0.25) is 0 Å². The van der Waals surface area contributed by atoms with Gasteiger partial charge in [0.05, 0.1) is 12.7 Å². The standard InChI is InChI=1S/C14H21N3O2/c15-14-16-12(17-19-14)1-2-18-13-10-4-8-3-9(6-10)7-11(13)5-8/h8-11,13H,1-7H2,(H2,15,16,17). The zero-order valence-corrected chi connectivity index (χ0v) is 11.1. The fourth-order valence-electron chi connectivity index (χ4n) is 4.80. The van der Waals surface area contributed by atoms with E-state index in [2.05, 4.69) is 10.1 Å². The molecule has 104 valence electrons. The number of hydrogen-bond donors (Lipinski definition) is 1. The summed E-state index contributed by atoms with van der Waals surface area (Å²) in [4.78, 5) is 4.00. The highest BCUT2D eigenvalue weighted by atomic mass is 16.5. The second kappa shape index (κ2) is 4.47. The molecule has 0 aromatic carbocycles. The van der Waals surface area contributed by atoms with Gasteiger partial charge in [-0.15, -0.1) is 0 Å². The van der Waals surface area contributed by atoms with Crippen molar-refractivity contribution in [1.29, 1.82) is 0 Å². The van der Waals surface area contributed by atoms with Gasteiger partial charge in [-0.3, -0.25) is 0 Å². The number of ether oxygens (including phenoxy) is 1. The minimum Gasteiger partial charge on any atom is -0.377 e. The normalized spacial score (nSPS) is 39.9. The Labute approximate surface area is 112 Å². The third-order valence-electron chi connectivity index (χ3n) is 5.26. The molecule has 1 heterocycles. The molecule has 4 aliphatic rings. The van der Waals surface area contributed by atoms with E-state index >= 15 is 0 Å². The number of nitrogens with zero attached hydrogens (tertiary/aromatic N) is 2. The highest BCUT2D eigenvalue weighted by Crippen LogP contribution is 2.54. The van der Waals surface area contributed by atoms with Gasteiger partial charge >= 0.3 is 6.01 Å². The molecule has 0 aliphatic heterocycles. The van der Waals surface area contributed by atoms with E-state index in [4.69, 9.17) is 15.0 Å². The minimum atomic E-state index is 0.143. The van der Waals surface area contributed by atoms with Crippen LogP contribution in [0.3, 0.4) is 0 Å². The van der Waals surface area contributed by atoms with Gasteiger partial charge in [-0.1, -0.05) is 5.16 Å². The maximum Gasteiger partial charge on any atom is 0.318 e. The van der Waals surface area contributed by atoms with Crippen LogP contribution in [0.25, 0.3) is 0 Å². The maximum absolute atomic E-state index is 6.17. The van der Waals surface area contributed by atoms with Crippen LogP contribution in [0.2, 0.25) is 0 Å². The smallest absolute Gasteiger partial charge is 0.318 e. The first-order chi connectivity index (χ1) is 9.28. The summed E-state index contributed by atoms with van der Waals surface area (Å²) in [6.45, 7) is 0.686. The summed E-state index contributed by atoms with van der Waals surface area (Å²) in [5.41, 5.74) is 5.41. The first-order valence-electron chi connectivity index (χ1n) is 7.47. The summed E-state index contributed by atoms with van der Waals surface area (Å²) in [5.74, 6) is 4.28. The van der Waals surface area contributed by atoms with E-state index in [-0.39, 0.29) is 6.01 Å². The van der Waals surface area contributed by atoms with Crippen molar-refractivity contribution in [2.24, 2.45) is 23.7 Å². The van der Waals surface area contributed by atoms with Crippen LogP contribution in [0.1, 0.15) is 37.9 Å². The van der Waals surface area contributed by atoms with Crippen LogP contribution < -0.4 is 5.73 Å². The summed E-state index contributed by atoms with van der Waals surface area (Å²) in [6, 6.07) is 0.143. The largest absolute Gasteiger partial charge is 0.377 e. The number of anilines is 1. The molecule has 4 saturated carbocycles. The average Bonchev–Trinajstić information content (AvgIpc) is 2.78. The van der Waals surface area contributed by atoms with Gasteiger partial charge in [0.1, 0.15) is 0 Å². The predicted octanol–water partition coefficient (Wildman–Crippen LogP) is 2.04. The first-order valence-corrected chi connectivity index (χ1v) is 7.47. The second-order valence-electron chi connectivity index (χ2n) is 6.56. The first kappa shape index (κ1) is 11.7. The molecule has 0 spiro atoms. The van der Waals surface area contributed by atoms with Crippen molar-refractivity contribution >= 4 is 6.01 Å². The summed E-state index contributed by atoms with van der Waals surface area (Å²) in [6.07, 6.45) is 8.25. The van der Waals surface area contributed by atoms with Crippen LogP contribution >= 0.6 is 0 Å². The molecule has 1 aromatic heterocycles. The van der Waals surface area contributed by atoms with Crippen molar-refractivity contribution in [3.63, 3.8) is 0 Å². The summed E-state index contributed by atoms with van der Waals surface area (Å²) in [7, 11) is 0. The van der Waals surface area contributed by atoms with Crippen molar-refractivity contribution in [3.05, 3.63) is 5.82 Å². The lowest BCUT2D eigenvalue weighted by atomic mass is 9.55. The maximum atomic E-state index is 6.17. The quantitative estimate of drug-likeness (QED) is 0.899. The SMILES string of the molecule is Nc1nc(CCOC2C3CC4CC(C3)CC2C4)no1. The topological polar surface area (TPSA) is 74.2 Å². The number of nitrogen functional groups attached to an aromatic ring is 1. The van der Waals surface area contributed by atoms with Crippen LogP contribution in [0.5, 0.6) is 0 Å². The summed E-state index contributed by atoms with van der Waals surface area (Å²) in [5, 5.41) is 3.80. The highest BCUT2D eigenvalue weighted by Gasteiger charge is 2.48. The number of nitrogens with two attached hydrogens (primary N) is 1. The third kappa shape index (κ3) is 2.14. The molecule has 2 N–H and O–H groups in total. The molecular formula is C14H21N3O2. The van der Waals surface area contributed by atoms with E-state index in [0.717, 1.165) is 23.7 Å². The van der Waals surface area contributed by atoms with Gasteiger partial charge in [-0.2, -0.15) is 4.98 Å². The molecule has 1 aromatic rings. The van der Waals surface area contributed by atoms with Crippen molar-refractivity contribution in [3.8, 4) is 0 Å². The fourth-order valence-corrected chi connectivity index (χ4v) is 4.80. The van der Waals surface area contributed by atoms with Crippen molar-refractivity contribution in [2.75, 3.05) is 12.3 Å². The molecule has 0 unspecified atom stereocenters. The van der Waals surface area contributed by atoms with Crippen molar-refractivity contribution in [2.45, 2.75) is 44.6 Å². The predicted molar refractivity (Wildman–Crippen MR) is 69.2 cm³/mol. The van der Waals surface area contributed by atoms with Crippen LogP contribution in [0, 0.1) is 23.7 Å². The Morgan fingerprint density at radius 3 is 2.37 bits per heavy atom. The van der Waals surface area contributed by atoms with Crippen LogP contribution in [-0.2, 0) is 11.2 Å². The molecular weight excluding hydrogens is 242 g/mol. The molecule has 4 bridgehead atoms. The monoisotopic (exact) mass is 263 g/mol. The van der Waals surface area contributed by atoms with E-state index < -0.39 is 0 Å². The van der Waals surface area contributed by atoms with Crippen molar-refractivity contribution < 1.29 is 9.26 Å². The Hall–Kier alpha value is -1.10. The molecule has 5 rings (SSSR count). The highest BCUT2D eigenvalue weighted by molar-refractivity contribution is 5.07. The molecule has 4 aliphatic carbocycles. The molecule has 5 nitrogen and oxygen atoms in total. The van der Waals surface area contributed by atoms with Gasteiger partial charge in [0.15, 0.2) is 5.82 Å². The third-order valence-corrected chi connectivity index (χ3v) is 5.26. The van der Waals surface area contributed by atoms with E-state index in [1.54, 1.807) is 0 Å². The second-order valence-corrected chi connectivity index (χ2v) is 6.56. The van der Waals surface area contributed by atoms with Gasteiger partial charge in [-0.05, 0) is 55.8 Å². The molecule has 0 saturated heterocycles. The van der Waals surface area contributed by atoms with Crippen LogP contribution in [-0.4, -0.2) is 22.9 Å². The Kier molecular flexibility index (Phi) is 2.76. The minimum absolute atomic E-state index is 0.143. The van der Waals surface area contributed by atoms with Gasteiger partial charge < -0.3 is 15.0 Å². The molecule has 19 heavy (non-hydrogen) atoms. The number of rotatable bonds is 4. The van der Waals surface area contributed by atoms with Crippen molar-refractivity contribution in [1.82, 2.24) is 10.1 Å². The lowest BCUT2D eigenvalue weighted by molar-refractivity contribution is -0.125. The van der Waals surface area contributed by atoms with Crippen LogP contribution in [0.15, 0.2) is 4.52 Å². The molecule has 5 heteroatoms. The molecule has 0 radical (unpaired) electrons. The van der Waals surface area contributed by atoms with Gasteiger partial charge in [-0.25, -0.2) is 0 Å². The Bertz CT molecular complexity index is 431. The summed E-state index contributed by atoms with van der Waals surface area (Å²) < 4.78 is 10.9. The van der Waals surface area contributed by atoms with Crippen LogP contribution in [0.4, 0.5) is 6.01 Å². The zero-order chi connectivity index (χ0) is 12.8. The lowest BCUT2D eigenvalue weighted by Gasteiger charge is -2.54. The Morgan fingerprint density at radius 2 is 1.79 bits per heavy atom. The van der Waals surface area contributed by atoms with Gasteiger partial charge in [0.25, 0.3) is 0 Å². The lowest BCUT2D eigenvalue weighted by Crippen LogP contribution is -2.49. The average molecular weight is 263 g/mol. The van der Waals surface area contributed by atoms with E-state index in [1.807, 2.05) is 0 Å².